The maximum atomic E-state index is 5.63. The second-order valence-electron chi connectivity index (χ2n) is 5.48. The first-order valence-electron chi connectivity index (χ1n) is 7.27. The van der Waals surface area contributed by atoms with Crippen molar-refractivity contribution in [3.63, 3.8) is 0 Å². The number of hydrogen-bond donors (Lipinski definition) is 1. The summed E-state index contributed by atoms with van der Waals surface area (Å²) in [6.45, 7) is 4.37. The lowest BCUT2D eigenvalue weighted by atomic mass is 10.1. The van der Waals surface area contributed by atoms with Crippen LogP contribution >= 0.6 is 0 Å². The summed E-state index contributed by atoms with van der Waals surface area (Å²) in [5, 5.41) is 3.10. The van der Waals surface area contributed by atoms with Crippen molar-refractivity contribution in [1.82, 2.24) is 9.97 Å². The molecule has 1 unspecified atom stereocenters. The largest absolute Gasteiger partial charge is 0.373 e. The molecule has 0 saturated carbocycles. The predicted octanol–water partition coefficient (Wildman–Crippen LogP) is 3.45. The monoisotopic (exact) mass is 285 g/mol. The van der Waals surface area contributed by atoms with E-state index in [2.05, 4.69) is 24.1 Å². The summed E-state index contributed by atoms with van der Waals surface area (Å²) >= 11 is 0. The third kappa shape index (κ3) is 4.02. The summed E-state index contributed by atoms with van der Waals surface area (Å²) < 4.78 is 5.63. The van der Waals surface area contributed by atoms with Crippen LogP contribution in [0.3, 0.4) is 0 Å². The van der Waals surface area contributed by atoms with Gasteiger partial charge in [0, 0.05) is 25.9 Å². The van der Waals surface area contributed by atoms with E-state index in [1.165, 1.54) is 0 Å². The maximum absolute atomic E-state index is 5.63. The molecular weight excluding hydrogens is 262 g/mol. The van der Waals surface area contributed by atoms with Crippen LogP contribution in [0.1, 0.15) is 37.0 Å². The fraction of sp³-hybridized carbons (Fsp3) is 0.412. The summed E-state index contributed by atoms with van der Waals surface area (Å²) in [7, 11) is 3.56. The molecule has 0 bridgehead atoms. The van der Waals surface area contributed by atoms with Crippen molar-refractivity contribution in [1.29, 1.82) is 0 Å². The molecule has 2 rings (SSSR count). The van der Waals surface area contributed by atoms with Gasteiger partial charge in [0.05, 0.1) is 0 Å². The molecule has 1 aromatic carbocycles. The molecule has 0 radical (unpaired) electrons. The van der Waals surface area contributed by atoms with Gasteiger partial charge in [-0.25, -0.2) is 9.97 Å². The number of nitrogens with zero attached hydrogens (tertiary/aromatic N) is 2. The van der Waals surface area contributed by atoms with E-state index in [-0.39, 0.29) is 6.10 Å². The summed E-state index contributed by atoms with van der Waals surface area (Å²) in [6.07, 6.45) is 0.681. The molecule has 0 aliphatic carbocycles. The molecule has 4 nitrogen and oxygen atoms in total. The topological polar surface area (TPSA) is 47.0 Å². The molecule has 1 heterocycles. The van der Waals surface area contributed by atoms with E-state index in [1.54, 1.807) is 7.11 Å². The Kier molecular flexibility index (Phi) is 5.28. The van der Waals surface area contributed by atoms with Crippen LogP contribution in [0.15, 0.2) is 36.4 Å². The molecule has 2 aromatic rings. The average Bonchev–Trinajstić information content (AvgIpc) is 2.48. The highest BCUT2D eigenvalue weighted by Gasteiger charge is 2.18. The number of aromatic nitrogens is 2. The van der Waals surface area contributed by atoms with E-state index in [0.717, 1.165) is 23.5 Å². The van der Waals surface area contributed by atoms with Crippen LogP contribution < -0.4 is 5.32 Å². The zero-order valence-electron chi connectivity index (χ0n) is 13.1. The van der Waals surface area contributed by atoms with Crippen molar-refractivity contribution in [3.05, 3.63) is 53.5 Å². The first-order valence-corrected chi connectivity index (χ1v) is 7.27. The summed E-state index contributed by atoms with van der Waals surface area (Å²) in [4.78, 5) is 9.25. The fourth-order valence-corrected chi connectivity index (χ4v) is 2.30. The van der Waals surface area contributed by atoms with Gasteiger partial charge in [-0.3, -0.25) is 0 Å². The Hall–Kier alpha value is -1.94. The lowest BCUT2D eigenvalue weighted by Gasteiger charge is -2.17. The molecule has 0 aliphatic heterocycles. The van der Waals surface area contributed by atoms with Gasteiger partial charge in [-0.1, -0.05) is 44.2 Å². The van der Waals surface area contributed by atoms with Crippen LogP contribution in [0.2, 0.25) is 0 Å². The highest BCUT2D eigenvalue weighted by molar-refractivity contribution is 5.37. The minimum absolute atomic E-state index is 0.245. The molecule has 1 atom stereocenters. The lowest BCUT2D eigenvalue weighted by Crippen LogP contribution is -2.12. The predicted molar refractivity (Wildman–Crippen MR) is 85.4 cm³/mol. The number of ether oxygens (including phenoxy) is 1. The van der Waals surface area contributed by atoms with Crippen molar-refractivity contribution in [2.45, 2.75) is 26.4 Å². The molecule has 1 aromatic heterocycles. The average molecular weight is 285 g/mol. The van der Waals surface area contributed by atoms with Crippen molar-refractivity contribution < 1.29 is 4.74 Å². The number of methoxy groups -OCH3 is 1. The van der Waals surface area contributed by atoms with Gasteiger partial charge in [-0.15, -0.1) is 0 Å². The molecular formula is C17H23N3O. The van der Waals surface area contributed by atoms with Crippen molar-refractivity contribution in [2.24, 2.45) is 5.92 Å². The second kappa shape index (κ2) is 7.18. The quantitative estimate of drug-likeness (QED) is 0.883. The first kappa shape index (κ1) is 15.4. The van der Waals surface area contributed by atoms with Gasteiger partial charge < -0.3 is 10.1 Å². The van der Waals surface area contributed by atoms with Gasteiger partial charge in [-0.2, -0.15) is 0 Å². The van der Waals surface area contributed by atoms with E-state index >= 15 is 0 Å². The van der Waals surface area contributed by atoms with Crippen molar-refractivity contribution >= 4 is 5.82 Å². The Morgan fingerprint density at radius 1 is 1.14 bits per heavy atom. The van der Waals surface area contributed by atoms with Crippen LogP contribution in [-0.2, 0) is 11.2 Å². The van der Waals surface area contributed by atoms with E-state index in [1.807, 2.05) is 43.4 Å². The molecule has 0 saturated heterocycles. The van der Waals surface area contributed by atoms with Crippen LogP contribution in [0, 0.1) is 5.92 Å². The lowest BCUT2D eigenvalue weighted by molar-refractivity contribution is 0.129. The zero-order valence-corrected chi connectivity index (χ0v) is 13.1. The van der Waals surface area contributed by atoms with E-state index in [9.17, 15) is 0 Å². The SMILES string of the molecule is CNc1cc(CC(C)C)nc(C(OC)c2ccccc2)n1. The molecule has 1 N–H and O–H groups in total. The van der Waals surface area contributed by atoms with Gasteiger partial charge >= 0.3 is 0 Å². The summed E-state index contributed by atoms with van der Waals surface area (Å²) in [6, 6.07) is 12.1. The normalized spacial score (nSPS) is 12.4. The zero-order chi connectivity index (χ0) is 15.2. The number of rotatable bonds is 6. The molecule has 0 spiro atoms. The highest BCUT2D eigenvalue weighted by Crippen LogP contribution is 2.24. The van der Waals surface area contributed by atoms with Crippen molar-refractivity contribution in [3.8, 4) is 0 Å². The Morgan fingerprint density at radius 2 is 1.86 bits per heavy atom. The molecule has 0 fully saturated rings. The standard InChI is InChI=1S/C17H23N3O/c1-12(2)10-14-11-15(18-3)20-17(19-14)16(21-4)13-8-6-5-7-9-13/h5-9,11-12,16H,10H2,1-4H3,(H,18,19,20). The molecule has 0 amide bonds. The van der Waals surface area contributed by atoms with Gasteiger partial charge in [0.25, 0.3) is 0 Å². The van der Waals surface area contributed by atoms with Crippen LogP contribution in [0.25, 0.3) is 0 Å². The number of anilines is 1. The Balaban J connectivity index is 2.40. The van der Waals surface area contributed by atoms with Gasteiger partial charge in [0.15, 0.2) is 5.82 Å². The Bertz CT molecular complexity index is 570. The fourth-order valence-electron chi connectivity index (χ4n) is 2.30. The Labute approximate surface area is 126 Å². The van der Waals surface area contributed by atoms with Gasteiger partial charge in [0.1, 0.15) is 11.9 Å². The summed E-state index contributed by atoms with van der Waals surface area (Å²) in [5.74, 6) is 2.08. The summed E-state index contributed by atoms with van der Waals surface area (Å²) in [5.41, 5.74) is 2.10. The van der Waals surface area contributed by atoms with Crippen molar-refractivity contribution in [2.75, 3.05) is 19.5 Å². The number of nitrogens with one attached hydrogen (secondary N) is 1. The highest BCUT2D eigenvalue weighted by atomic mass is 16.5. The van der Waals surface area contributed by atoms with E-state index in [4.69, 9.17) is 9.72 Å². The molecule has 4 heteroatoms. The smallest absolute Gasteiger partial charge is 0.164 e. The minimum atomic E-state index is -0.245. The third-order valence-corrected chi connectivity index (χ3v) is 3.24. The van der Waals surface area contributed by atoms with E-state index in [0.29, 0.717) is 11.7 Å². The van der Waals surface area contributed by atoms with Crippen LogP contribution in [0.4, 0.5) is 5.82 Å². The Morgan fingerprint density at radius 3 is 2.43 bits per heavy atom. The van der Waals surface area contributed by atoms with Crippen LogP contribution in [0.5, 0.6) is 0 Å². The molecule has 112 valence electrons. The third-order valence-electron chi connectivity index (χ3n) is 3.24. The van der Waals surface area contributed by atoms with E-state index < -0.39 is 0 Å². The number of hydrogen-bond acceptors (Lipinski definition) is 4. The van der Waals surface area contributed by atoms with Crippen LogP contribution in [-0.4, -0.2) is 24.1 Å². The first-order chi connectivity index (χ1) is 10.1. The van der Waals surface area contributed by atoms with Gasteiger partial charge in [0.2, 0.25) is 0 Å². The molecule has 0 aliphatic rings. The minimum Gasteiger partial charge on any atom is -0.373 e. The second-order valence-corrected chi connectivity index (χ2v) is 5.48. The molecule has 21 heavy (non-hydrogen) atoms. The number of benzene rings is 1. The van der Waals surface area contributed by atoms with Gasteiger partial charge in [-0.05, 0) is 17.9 Å². The maximum Gasteiger partial charge on any atom is 0.164 e.